The van der Waals surface area contributed by atoms with Gasteiger partial charge in [-0.25, -0.2) is 4.79 Å². The minimum absolute atomic E-state index is 0.0122. The Morgan fingerprint density at radius 2 is 2.00 bits per heavy atom. The van der Waals surface area contributed by atoms with Crippen molar-refractivity contribution in [3.05, 3.63) is 35.5 Å². The fourth-order valence-electron chi connectivity index (χ4n) is 3.40. The van der Waals surface area contributed by atoms with Gasteiger partial charge < -0.3 is 14.6 Å². The van der Waals surface area contributed by atoms with E-state index in [-0.39, 0.29) is 42.3 Å². The highest BCUT2D eigenvalue weighted by atomic mass is 16.6. The molecule has 0 aromatic heterocycles. The first-order valence-corrected chi connectivity index (χ1v) is 9.31. The summed E-state index contributed by atoms with van der Waals surface area (Å²) in [6, 6.07) is 0. The maximum Gasteiger partial charge on any atom is 0.336 e. The van der Waals surface area contributed by atoms with E-state index in [0.29, 0.717) is 18.6 Å². The minimum atomic E-state index is -1.05. The third kappa shape index (κ3) is 5.47. The number of ether oxygens (including phenoxy) is 2. The van der Waals surface area contributed by atoms with E-state index in [2.05, 4.69) is 6.58 Å². The van der Waals surface area contributed by atoms with Crippen LogP contribution in [0.15, 0.2) is 35.5 Å². The van der Waals surface area contributed by atoms with E-state index in [4.69, 9.17) is 9.47 Å². The lowest BCUT2D eigenvalue weighted by atomic mass is 9.88. The summed E-state index contributed by atoms with van der Waals surface area (Å²) in [5, 5.41) is 10.4. The van der Waals surface area contributed by atoms with Crippen LogP contribution in [0, 0.1) is 5.92 Å². The fourth-order valence-corrected chi connectivity index (χ4v) is 3.40. The van der Waals surface area contributed by atoms with Gasteiger partial charge in [0.1, 0.15) is 24.1 Å². The van der Waals surface area contributed by atoms with E-state index in [1.807, 2.05) is 6.92 Å². The Labute approximate surface area is 159 Å². The van der Waals surface area contributed by atoms with Crippen molar-refractivity contribution in [2.24, 2.45) is 5.92 Å². The summed E-state index contributed by atoms with van der Waals surface area (Å²) in [6.45, 7) is 9.58. The number of hydrogen-bond acceptors (Lipinski definition) is 6. The molecule has 0 aromatic rings. The molecule has 1 N–H and O–H groups in total. The molecule has 4 unspecified atom stereocenters. The monoisotopic (exact) mass is 376 g/mol. The van der Waals surface area contributed by atoms with Crippen LogP contribution in [-0.4, -0.2) is 47.6 Å². The number of allylic oxidation sites excluding steroid dienone is 2. The van der Waals surface area contributed by atoms with Crippen molar-refractivity contribution >= 4 is 17.5 Å². The quantitative estimate of drug-likeness (QED) is 0.601. The number of rotatable bonds is 3. The molecule has 2 bridgehead atoms. The van der Waals surface area contributed by atoms with Gasteiger partial charge in [0.25, 0.3) is 0 Å². The highest BCUT2D eigenvalue weighted by molar-refractivity contribution is 5.97. The molecule has 4 atom stereocenters. The summed E-state index contributed by atoms with van der Waals surface area (Å²) in [5.74, 6) is -1.12. The third-order valence-corrected chi connectivity index (χ3v) is 4.97. The largest absolute Gasteiger partial charge is 0.455 e. The van der Waals surface area contributed by atoms with Gasteiger partial charge in [0.15, 0.2) is 5.78 Å². The van der Waals surface area contributed by atoms with E-state index >= 15 is 0 Å². The van der Waals surface area contributed by atoms with Crippen molar-refractivity contribution in [1.82, 2.24) is 0 Å². The lowest BCUT2D eigenvalue weighted by Gasteiger charge is -2.19. The number of ketones is 2. The molecule has 6 nitrogen and oxygen atoms in total. The van der Waals surface area contributed by atoms with E-state index in [1.165, 1.54) is 6.08 Å². The average molecular weight is 376 g/mol. The maximum atomic E-state index is 12.5. The van der Waals surface area contributed by atoms with Gasteiger partial charge >= 0.3 is 5.97 Å². The average Bonchev–Trinajstić information content (AvgIpc) is 2.83. The number of hydrogen-bond donors (Lipinski definition) is 1. The molecule has 1 aliphatic heterocycles. The van der Waals surface area contributed by atoms with Crippen LogP contribution in [0.25, 0.3) is 0 Å². The standard InChI is InChI=1S/C21H28O6/c1-5-26-18-11-15(22)10-14(12(2)3)6-7-16-20(24)19(27-21(16)25)9-13(4)8-17(18)23/h7-8,14,18-20,24H,2,5-6,9-11H2,1,3-4H3. The molecule has 2 aliphatic rings. The van der Waals surface area contributed by atoms with Crippen LogP contribution in [0.4, 0.5) is 0 Å². The topological polar surface area (TPSA) is 89.9 Å². The van der Waals surface area contributed by atoms with E-state index in [9.17, 15) is 19.5 Å². The molecular weight excluding hydrogens is 348 g/mol. The summed E-state index contributed by atoms with van der Waals surface area (Å²) in [4.78, 5) is 37.2. The molecule has 0 spiro atoms. The Hall–Kier alpha value is -2.05. The summed E-state index contributed by atoms with van der Waals surface area (Å²) in [7, 11) is 0. The molecule has 27 heavy (non-hydrogen) atoms. The van der Waals surface area contributed by atoms with Crippen LogP contribution in [0.3, 0.4) is 0 Å². The highest BCUT2D eigenvalue weighted by Gasteiger charge is 2.38. The molecule has 0 saturated carbocycles. The number of esters is 1. The number of fused-ring (bicyclic) bond motifs is 2. The molecule has 1 saturated heterocycles. The molecule has 148 valence electrons. The zero-order valence-corrected chi connectivity index (χ0v) is 16.2. The number of Topliss-reactive ketones (excluding diaryl/α,β-unsaturated/α-hetero) is 1. The normalized spacial score (nSPS) is 30.3. The van der Waals surface area contributed by atoms with Gasteiger partial charge in [0, 0.05) is 25.9 Å². The second kappa shape index (κ2) is 9.24. The molecule has 0 aromatic carbocycles. The fraction of sp³-hybridized carbons (Fsp3) is 0.571. The summed E-state index contributed by atoms with van der Waals surface area (Å²) in [5.41, 5.74) is 1.67. The lowest BCUT2D eigenvalue weighted by Crippen LogP contribution is -2.28. The Bertz CT molecular complexity index is 687. The zero-order chi connectivity index (χ0) is 20.1. The second-order valence-corrected chi connectivity index (χ2v) is 7.32. The Morgan fingerprint density at radius 3 is 2.63 bits per heavy atom. The number of aliphatic hydroxyl groups is 1. The molecule has 1 fully saturated rings. The lowest BCUT2D eigenvalue weighted by molar-refractivity contribution is -0.139. The molecule has 6 heteroatoms. The van der Waals surface area contributed by atoms with Crippen molar-refractivity contribution in [3.63, 3.8) is 0 Å². The number of aliphatic hydroxyl groups excluding tert-OH is 1. The van der Waals surface area contributed by atoms with E-state index in [0.717, 1.165) is 5.57 Å². The van der Waals surface area contributed by atoms with Crippen LogP contribution in [0.5, 0.6) is 0 Å². The molecule has 1 aliphatic carbocycles. The van der Waals surface area contributed by atoms with Crippen molar-refractivity contribution in [3.8, 4) is 0 Å². The smallest absolute Gasteiger partial charge is 0.336 e. The minimum Gasteiger partial charge on any atom is -0.455 e. The van der Waals surface area contributed by atoms with Crippen LogP contribution < -0.4 is 0 Å². The van der Waals surface area contributed by atoms with Crippen LogP contribution in [0.2, 0.25) is 0 Å². The summed E-state index contributed by atoms with van der Waals surface area (Å²) in [6.07, 6.45) is 1.32. The first-order valence-electron chi connectivity index (χ1n) is 9.31. The number of carbonyl (C=O) groups excluding carboxylic acids is 3. The van der Waals surface area contributed by atoms with Crippen LogP contribution in [0.1, 0.15) is 46.5 Å². The van der Waals surface area contributed by atoms with Crippen LogP contribution >= 0.6 is 0 Å². The van der Waals surface area contributed by atoms with Gasteiger partial charge in [-0.2, -0.15) is 0 Å². The predicted molar refractivity (Wildman–Crippen MR) is 99.9 cm³/mol. The third-order valence-electron chi connectivity index (χ3n) is 4.97. The van der Waals surface area contributed by atoms with Gasteiger partial charge in [0.2, 0.25) is 0 Å². The maximum absolute atomic E-state index is 12.5. The predicted octanol–water partition coefficient (Wildman–Crippen LogP) is 2.46. The molecule has 0 radical (unpaired) electrons. The van der Waals surface area contributed by atoms with Gasteiger partial charge in [0.05, 0.1) is 5.57 Å². The second-order valence-electron chi connectivity index (χ2n) is 7.32. The van der Waals surface area contributed by atoms with E-state index < -0.39 is 24.3 Å². The van der Waals surface area contributed by atoms with Crippen molar-refractivity contribution in [2.45, 2.75) is 64.8 Å². The Kier molecular flexibility index (Phi) is 7.27. The summed E-state index contributed by atoms with van der Waals surface area (Å²) >= 11 is 0. The van der Waals surface area contributed by atoms with Crippen molar-refractivity contribution in [1.29, 1.82) is 0 Å². The molecule has 1 heterocycles. The first-order chi connectivity index (χ1) is 12.7. The molecule has 0 amide bonds. The Morgan fingerprint density at radius 1 is 1.30 bits per heavy atom. The van der Waals surface area contributed by atoms with Gasteiger partial charge in [-0.3, -0.25) is 9.59 Å². The summed E-state index contributed by atoms with van der Waals surface area (Å²) < 4.78 is 10.8. The van der Waals surface area contributed by atoms with Crippen molar-refractivity contribution in [2.75, 3.05) is 6.61 Å². The Balaban J connectivity index is 2.36. The number of carbonyl (C=O) groups is 3. The van der Waals surface area contributed by atoms with Gasteiger partial charge in [-0.15, -0.1) is 0 Å². The van der Waals surface area contributed by atoms with Gasteiger partial charge in [-0.05, 0) is 39.2 Å². The van der Waals surface area contributed by atoms with Crippen LogP contribution in [-0.2, 0) is 23.9 Å². The van der Waals surface area contributed by atoms with E-state index in [1.54, 1.807) is 19.9 Å². The first kappa shape index (κ1) is 21.3. The van der Waals surface area contributed by atoms with Crippen molar-refractivity contribution < 1.29 is 29.0 Å². The van der Waals surface area contributed by atoms with Gasteiger partial charge in [-0.1, -0.05) is 23.8 Å². The molecule has 2 rings (SSSR count). The molecular formula is C21H28O6. The zero-order valence-electron chi connectivity index (χ0n) is 16.2. The highest BCUT2D eigenvalue weighted by Crippen LogP contribution is 2.29. The SMILES string of the molecule is C=C(C)C1CC=C2C(=O)OC(CC(C)=CC(=O)C(OCC)CC(=O)C1)C2O.